The third-order valence-electron chi connectivity index (χ3n) is 3.19. The van der Waals surface area contributed by atoms with E-state index in [-0.39, 0.29) is 17.6 Å². The maximum Gasteiger partial charge on any atom is 0.432 e. The third-order valence-corrected chi connectivity index (χ3v) is 3.19. The van der Waals surface area contributed by atoms with Gasteiger partial charge in [0.1, 0.15) is 5.69 Å². The van der Waals surface area contributed by atoms with Gasteiger partial charge < -0.3 is 14.8 Å². The number of aromatic amines is 1. The normalized spacial score (nSPS) is 20.2. The molecule has 0 bridgehead atoms. The molecule has 0 spiro atoms. The van der Waals surface area contributed by atoms with Gasteiger partial charge in [0.05, 0.1) is 6.20 Å². The average Bonchev–Trinajstić information content (AvgIpc) is 3.08. The van der Waals surface area contributed by atoms with E-state index in [0.717, 1.165) is 25.9 Å². The molecule has 1 aliphatic heterocycles. The first-order valence-electron chi connectivity index (χ1n) is 6.21. The second kappa shape index (κ2) is 4.89. The fourth-order valence-corrected chi connectivity index (χ4v) is 2.14. The van der Waals surface area contributed by atoms with Crippen molar-refractivity contribution in [1.82, 2.24) is 25.4 Å². The lowest BCUT2D eigenvalue weighted by atomic mass is 9.99. The van der Waals surface area contributed by atoms with Gasteiger partial charge in [-0.2, -0.15) is 18.2 Å². The molecule has 1 atom stereocenters. The van der Waals surface area contributed by atoms with Crippen LogP contribution in [0.4, 0.5) is 13.2 Å². The molecule has 0 radical (unpaired) electrons. The molecule has 0 saturated carbocycles. The van der Waals surface area contributed by atoms with Gasteiger partial charge in [-0.15, -0.1) is 0 Å². The minimum atomic E-state index is -4.47. The van der Waals surface area contributed by atoms with Crippen molar-refractivity contribution < 1.29 is 17.7 Å². The van der Waals surface area contributed by atoms with Gasteiger partial charge >= 0.3 is 6.18 Å². The number of H-pyrrole nitrogens is 1. The summed E-state index contributed by atoms with van der Waals surface area (Å²) in [6.07, 6.45) is -1.83. The Balaban J connectivity index is 1.81. The minimum Gasteiger partial charge on any atom is -0.331 e. The van der Waals surface area contributed by atoms with Crippen LogP contribution in [0.5, 0.6) is 0 Å². The molecule has 3 heterocycles. The lowest BCUT2D eigenvalue weighted by Gasteiger charge is -2.19. The summed E-state index contributed by atoms with van der Waals surface area (Å²) in [6, 6.07) is 0. The molecular formula is C11H12F3N5O. The van der Waals surface area contributed by atoms with Gasteiger partial charge in [0.25, 0.3) is 5.89 Å². The molecule has 1 unspecified atom stereocenters. The summed E-state index contributed by atoms with van der Waals surface area (Å²) < 4.78 is 42.4. The molecule has 6 nitrogen and oxygen atoms in total. The maximum atomic E-state index is 12.5. The Labute approximate surface area is 111 Å². The minimum absolute atomic E-state index is 0.0268. The summed E-state index contributed by atoms with van der Waals surface area (Å²) >= 11 is 0. The van der Waals surface area contributed by atoms with Crippen molar-refractivity contribution in [3.05, 3.63) is 17.7 Å². The van der Waals surface area contributed by atoms with Crippen molar-refractivity contribution in [3.63, 3.8) is 0 Å². The van der Waals surface area contributed by atoms with Crippen LogP contribution in [0.15, 0.2) is 10.7 Å². The largest absolute Gasteiger partial charge is 0.432 e. The van der Waals surface area contributed by atoms with Crippen molar-refractivity contribution in [1.29, 1.82) is 0 Å². The predicted octanol–water partition coefficient (Wildman–Crippen LogP) is 1.95. The number of nitrogens with zero attached hydrogens (tertiary/aromatic N) is 3. The zero-order chi connectivity index (χ0) is 14.2. The van der Waals surface area contributed by atoms with E-state index in [1.54, 1.807) is 0 Å². The average molecular weight is 287 g/mol. The van der Waals surface area contributed by atoms with Gasteiger partial charge in [0, 0.05) is 12.5 Å². The summed E-state index contributed by atoms with van der Waals surface area (Å²) in [7, 11) is 0. The number of piperidine rings is 1. The molecule has 2 aromatic heterocycles. The topological polar surface area (TPSA) is 79.6 Å². The molecule has 108 valence electrons. The van der Waals surface area contributed by atoms with Crippen molar-refractivity contribution in [2.75, 3.05) is 13.1 Å². The van der Waals surface area contributed by atoms with Crippen molar-refractivity contribution in [2.45, 2.75) is 24.9 Å². The van der Waals surface area contributed by atoms with Crippen LogP contribution in [0, 0.1) is 0 Å². The SMILES string of the molecule is FC(F)(F)c1cnc(-c2nc(C3CCCNC3)no2)[nH]1. The summed E-state index contributed by atoms with van der Waals surface area (Å²) in [5, 5.41) is 7.03. The highest BCUT2D eigenvalue weighted by molar-refractivity contribution is 5.40. The summed E-state index contributed by atoms with van der Waals surface area (Å²) in [4.78, 5) is 9.88. The Bertz CT molecular complexity index is 585. The number of alkyl halides is 3. The van der Waals surface area contributed by atoms with E-state index in [0.29, 0.717) is 12.0 Å². The predicted molar refractivity (Wildman–Crippen MR) is 61.7 cm³/mol. The van der Waals surface area contributed by atoms with Crippen LogP contribution in [0.1, 0.15) is 30.3 Å². The van der Waals surface area contributed by atoms with Crippen molar-refractivity contribution >= 4 is 0 Å². The molecule has 9 heteroatoms. The second-order valence-corrected chi connectivity index (χ2v) is 4.64. The Hall–Kier alpha value is -1.90. The number of aromatic nitrogens is 4. The fourth-order valence-electron chi connectivity index (χ4n) is 2.14. The molecule has 0 aromatic carbocycles. The Morgan fingerprint density at radius 1 is 1.35 bits per heavy atom. The first kappa shape index (κ1) is 13.1. The number of imidazole rings is 1. The summed E-state index contributed by atoms with van der Waals surface area (Å²) in [5.41, 5.74) is -0.938. The highest BCUT2D eigenvalue weighted by Crippen LogP contribution is 2.29. The first-order valence-corrected chi connectivity index (χ1v) is 6.21. The van der Waals surface area contributed by atoms with Gasteiger partial charge in [-0.05, 0) is 19.4 Å². The number of halogens is 3. The maximum absolute atomic E-state index is 12.5. The molecule has 20 heavy (non-hydrogen) atoms. The van der Waals surface area contributed by atoms with E-state index in [9.17, 15) is 13.2 Å². The number of hydrogen-bond acceptors (Lipinski definition) is 5. The molecule has 2 aromatic rings. The zero-order valence-electron chi connectivity index (χ0n) is 10.4. The van der Waals surface area contributed by atoms with Crippen LogP contribution in [0.25, 0.3) is 11.7 Å². The van der Waals surface area contributed by atoms with Gasteiger partial charge in [-0.3, -0.25) is 0 Å². The summed E-state index contributed by atoms with van der Waals surface area (Å²) in [6.45, 7) is 1.69. The Morgan fingerprint density at radius 2 is 2.20 bits per heavy atom. The monoisotopic (exact) mass is 287 g/mol. The Kier molecular flexibility index (Phi) is 3.20. The van der Waals surface area contributed by atoms with E-state index in [1.165, 1.54) is 0 Å². The molecule has 1 fully saturated rings. The van der Waals surface area contributed by atoms with Crippen molar-refractivity contribution in [3.8, 4) is 11.7 Å². The van der Waals surface area contributed by atoms with Gasteiger partial charge in [0.2, 0.25) is 0 Å². The quantitative estimate of drug-likeness (QED) is 0.882. The van der Waals surface area contributed by atoms with Crippen LogP contribution in [-0.2, 0) is 6.18 Å². The summed E-state index contributed by atoms with van der Waals surface area (Å²) in [5.74, 6) is 0.524. The Morgan fingerprint density at radius 3 is 2.85 bits per heavy atom. The molecule has 2 N–H and O–H groups in total. The van der Waals surface area contributed by atoms with E-state index in [2.05, 4.69) is 25.4 Å². The highest BCUT2D eigenvalue weighted by atomic mass is 19.4. The van der Waals surface area contributed by atoms with Crippen LogP contribution in [0.2, 0.25) is 0 Å². The van der Waals surface area contributed by atoms with Gasteiger partial charge in [-0.1, -0.05) is 5.16 Å². The molecular weight excluding hydrogens is 275 g/mol. The fraction of sp³-hybridized carbons (Fsp3) is 0.545. The molecule has 3 rings (SSSR count). The van der Waals surface area contributed by atoms with Crippen molar-refractivity contribution in [2.24, 2.45) is 0 Å². The number of nitrogens with one attached hydrogen (secondary N) is 2. The number of rotatable bonds is 2. The molecule has 0 amide bonds. The van der Waals surface area contributed by atoms with Gasteiger partial charge in [-0.25, -0.2) is 4.98 Å². The third kappa shape index (κ3) is 2.53. The van der Waals surface area contributed by atoms with E-state index < -0.39 is 11.9 Å². The molecule has 1 aliphatic rings. The van der Waals surface area contributed by atoms with E-state index in [4.69, 9.17) is 4.52 Å². The smallest absolute Gasteiger partial charge is 0.331 e. The molecule has 1 saturated heterocycles. The zero-order valence-corrected chi connectivity index (χ0v) is 10.4. The van der Waals surface area contributed by atoms with Crippen LogP contribution in [-0.4, -0.2) is 33.2 Å². The highest BCUT2D eigenvalue weighted by Gasteiger charge is 2.33. The van der Waals surface area contributed by atoms with Crippen LogP contribution < -0.4 is 5.32 Å². The first-order chi connectivity index (χ1) is 9.54. The molecule has 0 aliphatic carbocycles. The van der Waals surface area contributed by atoms with Crippen LogP contribution >= 0.6 is 0 Å². The lowest BCUT2D eigenvalue weighted by molar-refractivity contribution is -0.140. The number of hydrogen-bond donors (Lipinski definition) is 2. The second-order valence-electron chi connectivity index (χ2n) is 4.64. The van der Waals surface area contributed by atoms with E-state index in [1.807, 2.05) is 0 Å². The van der Waals surface area contributed by atoms with Crippen LogP contribution in [0.3, 0.4) is 0 Å². The van der Waals surface area contributed by atoms with E-state index >= 15 is 0 Å². The van der Waals surface area contributed by atoms with Gasteiger partial charge in [0.15, 0.2) is 11.6 Å². The lowest BCUT2D eigenvalue weighted by Crippen LogP contribution is -2.28. The standard InChI is InChI=1S/C11H12F3N5O/c12-11(13,14)7-5-16-9(17-7)10-18-8(19-20-10)6-2-1-3-15-4-6/h5-6,15H,1-4H2,(H,16,17).